The Bertz CT molecular complexity index is 476. The molecule has 0 spiro atoms. The number of hydrogen-bond acceptors (Lipinski definition) is 5. The van der Waals surface area contributed by atoms with Crippen molar-refractivity contribution in [2.75, 3.05) is 6.61 Å². The predicted molar refractivity (Wildman–Crippen MR) is 58.9 cm³/mol. The van der Waals surface area contributed by atoms with E-state index in [2.05, 4.69) is 0 Å². The van der Waals surface area contributed by atoms with E-state index in [4.69, 9.17) is 15.3 Å². The van der Waals surface area contributed by atoms with Gasteiger partial charge < -0.3 is 4.74 Å². The molecule has 1 heterocycles. The smallest absolute Gasteiger partial charge is 0.239 e. The van der Waals surface area contributed by atoms with Crippen LogP contribution in [0.1, 0.15) is 17.4 Å². The Morgan fingerprint density at radius 3 is 2.73 bits per heavy atom. The third kappa shape index (κ3) is 2.55. The van der Waals surface area contributed by atoms with Gasteiger partial charge in [-0.05, 0) is 13.8 Å². The molecule has 0 bridgehead atoms. The van der Waals surface area contributed by atoms with Crippen LogP contribution in [0.15, 0.2) is 10.3 Å². The third-order valence-electron chi connectivity index (χ3n) is 1.74. The van der Waals surface area contributed by atoms with E-state index in [0.717, 1.165) is 0 Å². The Morgan fingerprint density at radius 1 is 1.67 bits per heavy atom. The van der Waals surface area contributed by atoms with Crippen molar-refractivity contribution in [2.45, 2.75) is 18.7 Å². The van der Waals surface area contributed by atoms with Crippen molar-refractivity contribution in [3.63, 3.8) is 0 Å². The molecular formula is C8H12N2O3S2. The molecule has 1 aromatic heterocycles. The quantitative estimate of drug-likeness (QED) is 0.618. The molecule has 0 unspecified atom stereocenters. The van der Waals surface area contributed by atoms with Gasteiger partial charge in [0.2, 0.25) is 15.9 Å². The van der Waals surface area contributed by atoms with Gasteiger partial charge in [-0.15, -0.1) is 11.3 Å². The van der Waals surface area contributed by atoms with Crippen LogP contribution in [-0.2, 0) is 14.8 Å². The summed E-state index contributed by atoms with van der Waals surface area (Å²) in [5.74, 6) is -0.161. The van der Waals surface area contributed by atoms with Crippen LogP contribution in [0.5, 0.6) is 0 Å². The zero-order valence-electron chi connectivity index (χ0n) is 8.40. The van der Waals surface area contributed by atoms with E-state index in [1.807, 2.05) is 0 Å². The maximum absolute atomic E-state index is 11.3. The summed E-state index contributed by atoms with van der Waals surface area (Å²) in [6.45, 7) is 3.69. The highest BCUT2D eigenvalue weighted by molar-refractivity contribution is 7.89. The van der Waals surface area contributed by atoms with Crippen molar-refractivity contribution in [3.8, 4) is 0 Å². The highest BCUT2D eigenvalue weighted by Gasteiger charge is 2.22. The summed E-state index contributed by atoms with van der Waals surface area (Å²) in [5, 5.41) is 14.2. The van der Waals surface area contributed by atoms with Crippen LogP contribution in [0.2, 0.25) is 0 Å². The number of thiophene rings is 1. The summed E-state index contributed by atoms with van der Waals surface area (Å²) in [6.07, 6.45) is 0. The second kappa shape index (κ2) is 4.30. The average molecular weight is 248 g/mol. The molecule has 84 valence electrons. The maximum Gasteiger partial charge on any atom is 0.239 e. The van der Waals surface area contributed by atoms with Gasteiger partial charge >= 0.3 is 0 Å². The number of hydrogen-bond donors (Lipinski definition) is 2. The first-order valence-corrected chi connectivity index (χ1v) is 6.63. The number of primary sulfonamides is 1. The number of ether oxygens (including phenoxy) is 1. The first-order chi connectivity index (χ1) is 6.88. The first kappa shape index (κ1) is 12.2. The molecule has 0 fully saturated rings. The lowest BCUT2D eigenvalue weighted by atomic mass is 10.3. The van der Waals surface area contributed by atoms with E-state index in [0.29, 0.717) is 11.5 Å². The Morgan fingerprint density at radius 2 is 2.27 bits per heavy atom. The predicted octanol–water partition coefficient (Wildman–Crippen LogP) is 1.07. The summed E-state index contributed by atoms with van der Waals surface area (Å²) in [5.41, 5.74) is 0.238. The van der Waals surface area contributed by atoms with Crippen LogP contribution in [0.4, 0.5) is 0 Å². The van der Waals surface area contributed by atoms with Crippen LogP contribution >= 0.6 is 11.3 Å². The minimum Gasteiger partial charge on any atom is -0.478 e. The lowest BCUT2D eigenvalue weighted by molar-refractivity contribution is 0.325. The highest BCUT2D eigenvalue weighted by Crippen LogP contribution is 2.26. The normalized spacial score (nSPS) is 11.4. The summed E-state index contributed by atoms with van der Waals surface area (Å²) < 4.78 is 27.5. The topological polar surface area (TPSA) is 93.2 Å². The van der Waals surface area contributed by atoms with Gasteiger partial charge in [0.25, 0.3) is 0 Å². The van der Waals surface area contributed by atoms with Gasteiger partial charge in [-0.1, -0.05) is 0 Å². The van der Waals surface area contributed by atoms with Gasteiger partial charge in [-0.3, -0.25) is 5.41 Å². The Balaban J connectivity index is 3.27. The molecule has 0 aliphatic heterocycles. The van der Waals surface area contributed by atoms with E-state index in [1.54, 1.807) is 19.2 Å². The standard InChI is InChI=1S/C8H12N2O3S2/c1-3-13-8(9)6-4-14-5(2)7(6)15(10,11)12/h4,9H,3H2,1-2H3,(H2,10,11,12). The number of sulfonamides is 1. The molecule has 0 radical (unpaired) electrons. The number of nitrogens with two attached hydrogens (primary N) is 1. The molecule has 0 aromatic carbocycles. The molecule has 5 nitrogen and oxygen atoms in total. The molecule has 3 N–H and O–H groups in total. The second-order valence-electron chi connectivity index (χ2n) is 2.84. The minimum atomic E-state index is -3.79. The number of nitrogens with one attached hydrogen (secondary N) is 1. The molecule has 7 heteroatoms. The molecule has 0 aliphatic rings. The first-order valence-electron chi connectivity index (χ1n) is 4.20. The van der Waals surface area contributed by atoms with E-state index in [1.165, 1.54) is 11.3 Å². The highest BCUT2D eigenvalue weighted by atomic mass is 32.2. The van der Waals surface area contributed by atoms with Crippen LogP contribution in [-0.4, -0.2) is 20.9 Å². The third-order valence-corrected chi connectivity index (χ3v) is 3.87. The van der Waals surface area contributed by atoms with Crippen LogP contribution in [0.3, 0.4) is 0 Å². The number of rotatable bonds is 3. The Hall–Kier alpha value is -0.920. The summed E-state index contributed by atoms with van der Waals surface area (Å²) in [6, 6.07) is 0. The summed E-state index contributed by atoms with van der Waals surface area (Å²) in [7, 11) is -3.79. The molecule has 0 aliphatic carbocycles. The van der Waals surface area contributed by atoms with Crippen molar-refractivity contribution in [2.24, 2.45) is 5.14 Å². The largest absolute Gasteiger partial charge is 0.478 e. The molecule has 1 aromatic rings. The van der Waals surface area contributed by atoms with Crippen LogP contribution < -0.4 is 5.14 Å². The van der Waals surface area contributed by atoms with Crippen molar-refractivity contribution in [1.29, 1.82) is 5.41 Å². The van der Waals surface area contributed by atoms with Crippen molar-refractivity contribution in [1.82, 2.24) is 0 Å². The zero-order valence-corrected chi connectivity index (χ0v) is 10.0. The second-order valence-corrected chi connectivity index (χ2v) is 5.42. The van der Waals surface area contributed by atoms with Crippen LogP contribution in [0.25, 0.3) is 0 Å². The van der Waals surface area contributed by atoms with E-state index in [-0.39, 0.29) is 16.4 Å². The van der Waals surface area contributed by atoms with Crippen molar-refractivity contribution in [3.05, 3.63) is 15.8 Å². The van der Waals surface area contributed by atoms with E-state index in [9.17, 15) is 8.42 Å². The Kier molecular flexibility index (Phi) is 3.48. The SMILES string of the molecule is CCOC(=N)c1csc(C)c1S(N)(=O)=O. The average Bonchev–Trinajstić information content (AvgIpc) is 2.46. The molecular weight excluding hydrogens is 236 g/mol. The summed E-state index contributed by atoms with van der Waals surface area (Å²) >= 11 is 1.23. The fourth-order valence-corrected chi connectivity index (χ4v) is 3.34. The monoisotopic (exact) mass is 248 g/mol. The molecule has 1 rings (SSSR count). The molecule has 0 saturated heterocycles. The molecule has 0 atom stereocenters. The lowest BCUT2D eigenvalue weighted by Crippen LogP contribution is -2.17. The van der Waals surface area contributed by atoms with Gasteiger partial charge in [-0.25, -0.2) is 13.6 Å². The zero-order chi connectivity index (χ0) is 11.6. The fraction of sp³-hybridized carbons (Fsp3) is 0.375. The van der Waals surface area contributed by atoms with Gasteiger partial charge in [0.1, 0.15) is 4.90 Å². The minimum absolute atomic E-state index is 0.00838. The number of aryl methyl sites for hydroxylation is 1. The Labute approximate surface area is 92.4 Å². The van der Waals surface area contributed by atoms with E-state index >= 15 is 0 Å². The fourth-order valence-electron chi connectivity index (χ4n) is 1.18. The molecule has 15 heavy (non-hydrogen) atoms. The van der Waals surface area contributed by atoms with Gasteiger partial charge in [0.15, 0.2) is 0 Å². The van der Waals surface area contributed by atoms with Crippen LogP contribution in [0, 0.1) is 12.3 Å². The molecule has 0 saturated carbocycles. The van der Waals surface area contributed by atoms with E-state index < -0.39 is 10.0 Å². The molecule has 0 amide bonds. The maximum atomic E-state index is 11.3. The van der Waals surface area contributed by atoms with Gasteiger partial charge in [0, 0.05) is 10.3 Å². The summed E-state index contributed by atoms with van der Waals surface area (Å²) in [4.78, 5) is 0.558. The van der Waals surface area contributed by atoms with Gasteiger partial charge in [0.05, 0.1) is 12.2 Å². The van der Waals surface area contributed by atoms with Crippen molar-refractivity contribution < 1.29 is 13.2 Å². The van der Waals surface area contributed by atoms with Gasteiger partial charge in [-0.2, -0.15) is 0 Å². The lowest BCUT2D eigenvalue weighted by Gasteiger charge is -2.05. The van der Waals surface area contributed by atoms with Crippen molar-refractivity contribution >= 4 is 27.3 Å².